The number of halogens is 2. The molecule has 0 spiro atoms. The summed E-state index contributed by atoms with van der Waals surface area (Å²) in [6, 6.07) is 13.3. The van der Waals surface area contributed by atoms with E-state index >= 15 is 0 Å². The van der Waals surface area contributed by atoms with Crippen LogP contribution in [0.4, 0.5) is 0 Å². The van der Waals surface area contributed by atoms with Crippen molar-refractivity contribution in [2.45, 2.75) is 19.3 Å². The third kappa shape index (κ3) is 3.61. The number of aromatic hydroxyl groups is 1. The number of piperidine rings is 1. The number of likely N-dealkylation sites (tertiary alicyclic amines) is 1. The van der Waals surface area contributed by atoms with Gasteiger partial charge in [0.2, 0.25) is 5.43 Å². The van der Waals surface area contributed by atoms with Crippen molar-refractivity contribution in [2.24, 2.45) is 0 Å². The quantitative estimate of drug-likeness (QED) is 0.356. The van der Waals surface area contributed by atoms with Crippen LogP contribution >= 0.6 is 23.2 Å². The van der Waals surface area contributed by atoms with Gasteiger partial charge in [-0.15, -0.1) is 0 Å². The fourth-order valence-corrected chi connectivity index (χ4v) is 4.60. The summed E-state index contributed by atoms with van der Waals surface area (Å²) in [6.07, 6.45) is 3.23. The van der Waals surface area contributed by atoms with Gasteiger partial charge in [-0.05, 0) is 49.1 Å². The van der Waals surface area contributed by atoms with Crippen LogP contribution in [0.3, 0.4) is 0 Å². The van der Waals surface area contributed by atoms with Crippen LogP contribution in [0.25, 0.3) is 33.4 Å². The Morgan fingerprint density at radius 3 is 2.38 bits per heavy atom. The lowest BCUT2D eigenvalue weighted by molar-refractivity contribution is 0.0724. The highest BCUT2D eigenvalue weighted by Gasteiger charge is 2.22. The first kappa shape index (κ1) is 20.9. The normalized spacial score (nSPS) is 14.2. The Balaban J connectivity index is 1.68. The Morgan fingerprint density at radius 2 is 1.66 bits per heavy atom. The number of carbonyl (C=O) groups is 1. The van der Waals surface area contributed by atoms with Crippen LogP contribution in [0.5, 0.6) is 5.75 Å². The Hall–Kier alpha value is -3.02. The number of phenols is 1. The molecule has 1 N–H and O–H groups in total. The van der Waals surface area contributed by atoms with Crippen molar-refractivity contribution in [1.82, 2.24) is 4.90 Å². The fraction of sp³-hybridized carbons (Fsp3) is 0.200. The van der Waals surface area contributed by atoms with E-state index in [0.717, 1.165) is 43.5 Å². The zero-order valence-electron chi connectivity index (χ0n) is 17.0. The van der Waals surface area contributed by atoms with Crippen LogP contribution in [0, 0.1) is 0 Å². The number of carbonyl (C=O) groups excluding carboxylic acids is 1. The van der Waals surface area contributed by atoms with E-state index < -0.39 is 0 Å². The van der Waals surface area contributed by atoms with E-state index in [1.54, 1.807) is 24.3 Å². The Kier molecular flexibility index (Phi) is 5.31. The van der Waals surface area contributed by atoms with E-state index in [2.05, 4.69) is 0 Å². The van der Waals surface area contributed by atoms with Crippen molar-refractivity contribution < 1.29 is 14.3 Å². The largest absolute Gasteiger partial charge is 0.506 e. The standard InChI is InChI=1S/C25H19Cl2NO4/c26-18-10-16-22(12-20(18)29)32-23-13-21(30)19(27)11-17(23)24(16)14-4-6-15(7-5-14)25(31)28-8-2-1-3-9-28/h4-7,10-13,29H,1-3,8-9H2. The first-order chi connectivity index (χ1) is 15.4. The van der Waals surface area contributed by atoms with Gasteiger partial charge in [-0.1, -0.05) is 35.3 Å². The molecule has 162 valence electrons. The van der Waals surface area contributed by atoms with Gasteiger partial charge in [-0.25, -0.2) is 0 Å². The zero-order chi connectivity index (χ0) is 22.4. The molecule has 0 atom stereocenters. The monoisotopic (exact) mass is 467 g/mol. The number of hydrogen-bond acceptors (Lipinski definition) is 4. The third-order valence-electron chi connectivity index (χ3n) is 5.91. The first-order valence-corrected chi connectivity index (χ1v) is 11.2. The predicted octanol–water partition coefficient (Wildman–Crippen LogP) is 6.20. The van der Waals surface area contributed by atoms with Crippen molar-refractivity contribution in [3.05, 3.63) is 74.4 Å². The van der Waals surface area contributed by atoms with Gasteiger partial charge in [-0.2, -0.15) is 0 Å². The molecule has 1 saturated heterocycles. The molecular formula is C25H19Cl2NO4. The minimum atomic E-state index is -0.353. The molecule has 0 radical (unpaired) electrons. The van der Waals surface area contributed by atoms with Gasteiger partial charge in [0, 0.05) is 47.3 Å². The zero-order valence-corrected chi connectivity index (χ0v) is 18.5. The van der Waals surface area contributed by atoms with Crippen LogP contribution < -0.4 is 5.43 Å². The third-order valence-corrected chi connectivity index (χ3v) is 6.50. The average molecular weight is 468 g/mol. The second-order valence-corrected chi connectivity index (χ2v) is 8.80. The van der Waals surface area contributed by atoms with Crippen LogP contribution in [-0.4, -0.2) is 29.0 Å². The molecule has 5 rings (SSSR count). The molecule has 7 heteroatoms. The van der Waals surface area contributed by atoms with Gasteiger partial charge in [0.1, 0.15) is 17.1 Å². The highest BCUT2D eigenvalue weighted by molar-refractivity contribution is 6.33. The van der Waals surface area contributed by atoms with E-state index in [1.165, 1.54) is 12.1 Å². The topological polar surface area (TPSA) is 70.8 Å². The highest BCUT2D eigenvalue weighted by atomic mass is 35.5. The maximum Gasteiger partial charge on any atom is 0.253 e. The van der Waals surface area contributed by atoms with Gasteiger partial charge in [-0.3, -0.25) is 9.59 Å². The summed E-state index contributed by atoms with van der Waals surface area (Å²) in [4.78, 5) is 26.8. The van der Waals surface area contributed by atoms with Gasteiger partial charge < -0.3 is 14.4 Å². The molecule has 32 heavy (non-hydrogen) atoms. The van der Waals surface area contributed by atoms with Crippen LogP contribution in [0.15, 0.2) is 57.7 Å². The average Bonchev–Trinajstić information content (AvgIpc) is 2.80. The molecule has 0 saturated carbocycles. The van der Waals surface area contributed by atoms with E-state index in [1.807, 2.05) is 17.0 Å². The molecular weight excluding hydrogens is 449 g/mol. The van der Waals surface area contributed by atoms with Crippen LogP contribution in [0.2, 0.25) is 10.0 Å². The van der Waals surface area contributed by atoms with Crippen LogP contribution in [0.1, 0.15) is 29.6 Å². The molecule has 1 fully saturated rings. The minimum Gasteiger partial charge on any atom is -0.506 e. The summed E-state index contributed by atoms with van der Waals surface area (Å²) >= 11 is 12.3. The SMILES string of the molecule is O=C(c1ccc(-c2c3cc(Cl)c(=O)cc-3oc3cc(O)c(Cl)cc23)cc1)N1CCCCC1. The molecule has 1 amide bonds. The number of phenolic OH excluding ortho intramolecular Hbond substituents is 1. The minimum absolute atomic E-state index is 0.0287. The Bertz CT molecular complexity index is 1370. The summed E-state index contributed by atoms with van der Waals surface area (Å²) in [6.45, 7) is 1.57. The number of fused-ring (bicyclic) bond motifs is 2. The molecule has 0 bridgehead atoms. The molecule has 3 aliphatic rings. The van der Waals surface area contributed by atoms with Crippen LogP contribution in [-0.2, 0) is 0 Å². The van der Waals surface area contributed by atoms with Gasteiger partial charge in [0.15, 0.2) is 0 Å². The van der Waals surface area contributed by atoms with Crippen molar-refractivity contribution in [3.63, 3.8) is 0 Å². The van der Waals surface area contributed by atoms with Crippen molar-refractivity contribution in [3.8, 4) is 28.2 Å². The predicted molar refractivity (Wildman–Crippen MR) is 126 cm³/mol. The molecule has 2 aromatic rings. The summed E-state index contributed by atoms with van der Waals surface area (Å²) < 4.78 is 5.88. The smallest absolute Gasteiger partial charge is 0.253 e. The molecule has 2 aliphatic heterocycles. The number of nitrogens with zero attached hydrogens (tertiary/aromatic N) is 1. The van der Waals surface area contributed by atoms with Gasteiger partial charge in [0.25, 0.3) is 5.91 Å². The van der Waals surface area contributed by atoms with E-state index in [9.17, 15) is 14.7 Å². The lowest BCUT2D eigenvalue weighted by Crippen LogP contribution is -2.35. The lowest BCUT2D eigenvalue weighted by atomic mass is 9.93. The molecule has 1 aliphatic carbocycles. The number of benzene rings is 3. The summed E-state index contributed by atoms with van der Waals surface area (Å²) in [5.74, 6) is 0.255. The number of amides is 1. The highest BCUT2D eigenvalue weighted by Crippen LogP contribution is 2.43. The second-order valence-electron chi connectivity index (χ2n) is 7.99. The van der Waals surface area contributed by atoms with Crippen molar-refractivity contribution >= 4 is 40.1 Å². The van der Waals surface area contributed by atoms with E-state index in [0.29, 0.717) is 27.9 Å². The molecule has 0 aromatic heterocycles. The fourth-order valence-electron chi connectivity index (χ4n) is 4.27. The van der Waals surface area contributed by atoms with Crippen molar-refractivity contribution in [1.29, 1.82) is 0 Å². The molecule has 2 heterocycles. The maximum atomic E-state index is 12.9. The summed E-state index contributed by atoms with van der Waals surface area (Å²) in [5.41, 5.74) is 2.85. The molecule has 0 unspecified atom stereocenters. The van der Waals surface area contributed by atoms with E-state index in [-0.39, 0.29) is 27.1 Å². The number of hydrogen-bond donors (Lipinski definition) is 1. The Labute approximate surface area is 194 Å². The van der Waals surface area contributed by atoms with Gasteiger partial charge >= 0.3 is 0 Å². The maximum absolute atomic E-state index is 12.9. The van der Waals surface area contributed by atoms with Crippen molar-refractivity contribution in [2.75, 3.05) is 13.1 Å². The van der Waals surface area contributed by atoms with E-state index in [4.69, 9.17) is 27.6 Å². The Morgan fingerprint density at radius 1 is 0.938 bits per heavy atom. The molecule has 2 aromatic carbocycles. The summed E-state index contributed by atoms with van der Waals surface area (Å²) in [7, 11) is 0. The molecule has 5 nitrogen and oxygen atoms in total. The van der Waals surface area contributed by atoms with Gasteiger partial charge in [0.05, 0.1) is 10.0 Å². The number of rotatable bonds is 2. The first-order valence-electron chi connectivity index (χ1n) is 10.4. The second kappa shape index (κ2) is 8.15. The summed E-state index contributed by atoms with van der Waals surface area (Å²) in [5, 5.41) is 11.0. The lowest BCUT2D eigenvalue weighted by Gasteiger charge is -2.26.